The van der Waals surface area contributed by atoms with E-state index in [1.165, 1.54) is 31.4 Å². The molecule has 0 spiro atoms. The first-order valence-corrected chi connectivity index (χ1v) is 7.99. The summed E-state index contributed by atoms with van der Waals surface area (Å²) in [5.41, 5.74) is 4.34. The van der Waals surface area contributed by atoms with Crippen LogP contribution in [-0.2, 0) is 22.4 Å². The van der Waals surface area contributed by atoms with Gasteiger partial charge in [-0.25, -0.2) is 9.78 Å². The molecule has 7 nitrogen and oxygen atoms in total. The highest BCUT2D eigenvalue weighted by atomic mass is 35.5. The van der Waals surface area contributed by atoms with Crippen molar-refractivity contribution < 1.29 is 32.4 Å². The summed E-state index contributed by atoms with van der Waals surface area (Å²) >= 11 is 5.96. The maximum absolute atomic E-state index is 12.7. The summed E-state index contributed by atoms with van der Waals surface area (Å²) < 4.78 is 42.3. The number of hydroxylamine groups is 2. The van der Waals surface area contributed by atoms with Gasteiger partial charge in [-0.15, -0.1) is 0 Å². The fourth-order valence-electron chi connectivity index (χ4n) is 1.88. The normalized spacial score (nSPS) is 10.9. The number of alkyl halides is 3. The van der Waals surface area contributed by atoms with Gasteiger partial charge in [-0.1, -0.05) is 30.3 Å². The second-order valence-electron chi connectivity index (χ2n) is 5.22. The first-order valence-electron chi connectivity index (χ1n) is 7.61. The van der Waals surface area contributed by atoms with Crippen molar-refractivity contribution in [3.63, 3.8) is 0 Å². The van der Waals surface area contributed by atoms with Crippen LogP contribution in [0.3, 0.4) is 0 Å². The second-order valence-corrected chi connectivity index (χ2v) is 5.63. The summed E-state index contributed by atoms with van der Waals surface area (Å²) in [6.07, 6.45) is -5.36. The van der Waals surface area contributed by atoms with E-state index in [9.17, 15) is 18.0 Å². The molecule has 0 aliphatic rings. The highest BCUT2D eigenvalue weighted by molar-refractivity contribution is 6.32. The molecule has 0 aliphatic carbocycles. The third-order valence-electron chi connectivity index (χ3n) is 3.22. The maximum atomic E-state index is 12.7. The van der Waals surface area contributed by atoms with Crippen molar-refractivity contribution in [2.75, 3.05) is 7.11 Å². The van der Waals surface area contributed by atoms with Crippen LogP contribution in [0.2, 0.25) is 5.02 Å². The first-order chi connectivity index (χ1) is 13.2. The van der Waals surface area contributed by atoms with Gasteiger partial charge in [0, 0.05) is 5.56 Å². The number of nitrogens with one attached hydrogen (secondary N) is 2. The van der Waals surface area contributed by atoms with E-state index in [1.54, 1.807) is 6.07 Å². The maximum Gasteiger partial charge on any atom is 0.440 e. The highest BCUT2D eigenvalue weighted by Gasteiger charge is 2.32. The standard InChI is InChI=1S/C17H15ClF3N3O4/c1-10(11-6-7-13(18)14(8-11)28-24-16(25)26-2)23-27-9-12-4-3-5-15(22-12)17(19,20)21/h3-8,23H,1,9H2,2H3,(H,24,25). The third-order valence-corrected chi connectivity index (χ3v) is 3.53. The van der Waals surface area contributed by atoms with Crippen LogP contribution in [0.5, 0.6) is 5.75 Å². The Balaban J connectivity index is 1.95. The number of methoxy groups -OCH3 is 1. The molecule has 0 fully saturated rings. The molecule has 1 aromatic heterocycles. The zero-order chi connectivity index (χ0) is 20.7. The SMILES string of the molecule is C=C(NOCc1cccc(C(F)(F)F)n1)c1ccc(Cl)c(ONC(=O)OC)c1. The second kappa shape index (κ2) is 9.29. The molecule has 150 valence electrons. The summed E-state index contributed by atoms with van der Waals surface area (Å²) in [7, 11) is 1.17. The van der Waals surface area contributed by atoms with Gasteiger partial charge in [-0.05, 0) is 24.3 Å². The monoisotopic (exact) mass is 417 g/mol. The molecule has 1 heterocycles. The number of ether oxygens (including phenoxy) is 1. The van der Waals surface area contributed by atoms with Crippen LogP contribution >= 0.6 is 11.6 Å². The lowest BCUT2D eigenvalue weighted by Gasteiger charge is -2.13. The smallest absolute Gasteiger partial charge is 0.440 e. The Morgan fingerprint density at radius 3 is 2.68 bits per heavy atom. The number of hydrogen-bond donors (Lipinski definition) is 2. The van der Waals surface area contributed by atoms with Gasteiger partial charge in [0.2, 0.25) is 0 Å². The Morgan fingerprint density at radius 2 is 2.00 bits per heavy atom. The van der Waals surface area contributed by atoms with Crippen molar-refractivity contribution in [2.45, 2.75) is 12.8 Å². The molecule has 2 N–H and O–H groups in total. The van der Waals surface area contributed by atoms with Crippen LogP contribution in [0.15, 0.2) is 43.0 Å². The molecule has 0 saturated carbocycles. The molecule has 28 heavy (non-hydrogen) atoms. The van der Waals surface area contributed by atoms with Crippen molar-refractivity contribution in [1.82, 2.24) is 15.9 Å². The van der Waals surface area contributed by atoms with Crippen LogP contribution in [0.25, 0.3) is 5.70 Å². The number of carbonyl (C=O) groups is 1. The van der Waals surface area contributed by atoms with E-state index in [0.717, 1.165) is 6.07 Å². The predicted molar refractivity (Wildman–Crippen MR) is 93.8 cm³/mol. The van der Waals surface area contributed by atoms with Crippen molar-refractivity contribution in [1.29, 1.82) is 0 Å². The van der Waals surface area contributed by atoms with Crippen LogP contribution in [0.4, 0.5) is 18.0 Å². The number of hydrogen-bond acceptors (Lipinski definition) is 6. The van der Waals surface area contributed by atoms with Crippen molar-refractivity contribution in [3.8, 4) is 5.75 Å². The zero-order valence-electron chi connectivity index (χ0n) is 14.5. The lowest BCUT2D eigenvalue weighted by atomic mass is 10.2. The minimum Gasteiger partial charge on any atom is -0.451 e. The van der Waals surface area contributed by atoms with Crippen LogP contribution < -0.4 is 15.8 Å². The molecule has 0 unspecified atom stereocenters. The van der Waals surface area contributed by atoms with Crippen molar-refractivity contribution in [2.24, 2.45) is 0 Å². The van der Waals surface area contributed by atoms with E-state index in [0.29, 0.717) is 5.56 Å². The van der Waals surface area contributed by atoms with E-state index in [2.05, 4.69) is 21.8 Å². The van der Waals surface area contributed by atoms with Gasteiger partial charge >= 0.3 is 12.3 Å². The fraction of sp³-hybridized carbons (Fsp3) is 0.176. The predicted octanol–water partition coefficient (Wildman–Crippen LogP) is 4.10. The third kappa shape index (κ3) is 6.03. The molecule has 11 heteroatoms. The number of halogens is 4. The Hall–Kier alpha value is -2.98. The van der Waals surface area contributed by atoms with Crippen molar-refractivity contribution in [3.05, 3.63) is 65.0 Å². The number of aromatic nitrogens is 1. The minimum absolute atomic E-state index is 0.0810. The van der Waals surface area contributed by atoms with E-state index in [-0.39, 0.29) is 28.8 Å². The first kappa shape index (κ1) is 21.3. The lowest BCUT2D eigenvalue weighted by Crippen LogP contribution is -2.26. The molecule has 2 rings (SSSR count). The van der Waals surface area contributed by atoms with Gasteiger partial charge in [0.25, 0.3) is 0 Å². The van der Waals surface area contributed by atoms with E-state index in [4.69, 9.17) is 21.3 Å². The summed E-state index contributed by atoms with van der Waals surface area (Å²) in [6, 6.07) is 8.04. The molecule has 0 saturated heterocycles. The number of rotatable bonds is 7. The fourth-order valence-corrected chi connectivity index (χ4v) is 2.04. The van der Waals surface area contributed by atoms with Crippen LogP contribution in [-0.4, -0.2) is 18.2 Å². The molecule has 0 atom stereocenters. The molecule has 0 aliphatic heterocycles. The van der Waals surface area contributed by atoms with Gasteiger partial charge in [0.1, 0.15) is 12.3 Å². The largest absolute Gasteiger partial charge is 0.451 e. The van der Waals surface area contributed by atoms with Gasteiger partial charge < -0.3 is 9.57 Å². The van der Waals surface area contributed by atoms with Crippen molar-refractivity contribution >= 4 is 23.4 Å². The Bertz CT molecular complexity index is 862. The average molecular weight is 418 g/mol. The average Bonchev–Trinajstić information content (AvgIpc) is 2.66. The zero-order valence-corrected chi connectivity index (χ0v) is 15.2. The van der Waals surface area contributed by atoms with Gasteiger partial charge in [0.05, 0.1) is 23.5 Å². The van der Waals surface area contributed by atoms with Crippen LogP contribution in [0.1, 0.15) is 17.0 Å². The van der Waals surface area contributed by atoms with E-state index in [1.807, 2.05) is 5.48 Å². The number of benzene rings is 1. The molecule has 1 aromatic carbocycles. The highest BCUT2D eigenvalue weighted by Crippen LogP contribution is 2.28. The summed E-state index contributed by atoms with van der Waals surface area (Å²) in [5.74, 6) is 0.118. The van der Waals surface area contributed by atoms with Gasteiger partial charge in [-0.2, -0.15) is 18.7 Å². The Labute approximate surface area is 163 Å². The Morgan fingerprint density at radius 1 is 1.25 bits per heavy atom. The molecule has 2 aromatic rings. The van der Waals surface area contributed by atoms with Gasteiger partial charge in [-0.3, -0.25) is 10.3 Å². The number of pyridine rings is 1. The van der Waals surface area contributed by atoms with Crippen LogP contribution in [0, 0.1) is 0 Å². The quantitative estimate of drug-likeness (QED) is 0.660. The summed E-state index contributed by atoms with van der Waals surface area (Å²) in [4.78, 5) is 24.7. The molecule has 0 radical (unpaired) electrons. The number of nitrogens with zero attached hydrogens (tertiary/aromatic N) is 1. The van der Waals surface area contributed by atoms with E-state index >= 15 is 0 Å². The molecule has 1 amide bonds. The summed E-state index contributed by atoms with van der Waals surface area (Å²) in [5, 5.41) is 0.210. The summed E-state index contributed by atoms with van der Waals surface area (Å²) in [6.45, 7) is 3.52. The number of carbonyl (C=O) groups excluding carboxylic acids is 1. The number of amides is 1. The van der Waals surface area contributed by atoms with E-state index < -0.39 is 18.0 Å². The Kier molecular flexibility index (Phi) is 7.07. The lowest BCUT2D eigenvalue weighted by molar-refractivity contribution is -0.141. The molecule has 0 bridgehead atoms. The molecular weight excluding hydrogens is 403 g/mol. The molecular formula is C17H15ClF3N3O4. The van der Waals surface area contributed by atoms with Gasteiger partial charge in [0.15, 0.2) is 5.75 Å². The minimum atomic E-state index is -4.54. The topological polar surface area (TPSA) is 81.7 Å².